The second kappa shape index (κ2) is 22.3. The molecule has 3 nitrogen and oxygen atoms in total. The molecular formula is C21H38CeO3. The molecule has 0 unspecified atom stereocenters. The first-order valence-electron chi connectivity index (χ1n) is 10.1. The summed E-state index contributed by atoms with van der Waals surface area (Å²) < 4.78 is 4.63. The van der Waals surface area contributed by atoms with Crippen LogP contribution in [0, 0.1) is 41.7 Å². The number of unbranched alkanes of at least 4 members (excludes halogenated alkanes) is 11. The van der Waals surface area contributed by atoms with E-state index in [4.69, 9.17) is 0 Å². The smallest absolute Gasteiger partial charge is 0.313 e. The molecule has 0 fully saturated rings. The van der Waals surface area contributed by atoms with Crippen molar-refractivity contribution in [1.82, 2.24) is 0 Å². The second-order valence-corrected chi connectivity index (χ2v) is 6.53. The zero-order valence-electron chi connectivity index (χ0n) is 16.5. The summed E-state index contributed by atoms with van der Waals surface area (Å²) in [6.07, 6.45) is 21.3. The van der Waals surface area contributed by atoms with Gasteiger partial charge in [0.2, 0.25) is 0 Å². The molecule has 0 aliphatic carbocycles. The SMILES string of the molecule is CCCCCCCC/C=C\CCCCCCCC(=O)OC(=O)CC.[Ce]. The first-order valence-corrected chi connectivity index (χ1v) is 10.1. The van der Waals surface area contributed by atoms with Gasteiger partial charge < -0.3 is 4.74 Å². The van der Waals surface area contributed by atoms with Gasteiger partial charge >= 0.3 is 11.9 Å². The van der Waals surface area contributed by atoms with E-state index in [1.165, 1.54) is 64.2 Å². The van der Waals surface area contributed by atoms with Crippen molar-refractivity contribution in [2.45, 2.75) is 110 Å². The Hall–Kier alpha value is 0.257. The summed E-state index contributed by atoms with van der Waals surface area (Å²) in [6, 6.07) is 0. The Morgan fingerprint density at radius 1 is 0.680 bits per heavy atom. The monoisotopic (exact) mass is 478 g/mol. The van der Waals surface area contributed by atoms with E-state index in [-0.39, 0.29) is 54.1 Å². The molecule has 0 aromatic heterocycles. The molecule has 4 heteroatoms. The van der Waals surface area contributed by atoms with E-state index in [0.29, 0.717) is 6.42 Å². The molecule has 0 N–H and O–H groups in total. The van der Waals surface area contributed by atoms with Crippen molar-refractivity contribution in [2.24, 2.45) is 0 Å². The van der Waals surface area contributed by atoms with Gasteiger partial charge in [-0.1, -0.05) is 77.4 Å². The van der Waals surface area contributed by atoms with E-state index in [0.717, 1.165) is 19.3 Å². The van der Waals surface area contributed by atoms with Crippen molar-refractivity contribution in [3.8, 4) is 0 Å². The van der Waals surface area contributed by atoms with E-state index in [2.05, 4.69) is 23.8 Å². The minimum absolute atomic E-state index is 0. The normalized spacial score (nSPS) is 10.6. The quantitative estimate of drug-likeness (QED) is 0.110. The third-order valence-corrected chi connectivity index (χ3v) is 4.16. The summed E-state index contributed by atoms with van der Waals surface area (Å²) in [4.78, 5) is 22.2. The summed E-state index contributed by atoms with van der Waals surface area (Å²) in [6.45, 7) is 3.95. The molecule has 0 aliphatic rings. The number of esters is 2. The molecule has 0 radical (unpaired) electrons. The summed E-state index contributed by atoms with van der Waals surface area (Å²) in [5, 5.41) is 0. The Morgan fingerprint density at radius 3 is 1.68 bits per heavy atom. The molecule has 0 rings (SSSR count). The molecule has 0 amide bonds. The minimum Gasteiger partial charge on any atom is -0.393 e. The van der Waals surface area contributed by atoms with E-state index in [1.54, 1.807) is 6.92 Å². The summed E-state index contributed by atoms with van der Waals surface area (Å²) in [5.74, 6) is -0.799. The Kier molecular flexibility index (Phi) is 24.5. The van der Waals surface area contributed by atoms with Crippen LogP contribution in [0.4, 0.5) is 0 Å². The van der Waals surface area contributed by atoms with Gasteiger partial charge in [0.1, 0.15) is 0 Å². The standard InChI is InChI=1S/C21H38O3.Ce/c1-3-5-6-7-8-9-10-11-12-13-14-15-16-17-18-19-21(23)24-20(22)4-2;/h11-12H,3-10,13-19H2,1-2H3;/b12-11-;. The maximum Gasteiger partial charge on any atom is 0.313 e. The number of carbonyl (C=O) groups excluding carboxylic acids is 2. The Bertz CT molecular complexity index is 340. The fraction of sp³-hybridized carbons (Fsp3) is 0.810. The van der Waals surface area contributed by atoms with Crippen molar-refractivity contribution in [3.05, 3.63) is 12.2 Å². The summed E-state index contributed by atoms with van der Waals surface area (Å²) >= 11 is 0. The van der Waals surface area contributed by atoms with Crippen LogP contribution >= 0.6 is 0 Å². The second-order valence-electron chi connectivity index (χ2n) is 6.53. The van der Waals surface area contributed by atoms with Gasteiger partial charge in [-0.25, -0.2) is 0 Å². The van der Waals surface area contributed by atoms with Crippen LogP contribution < -0.4 is 0 Å². The number of allylic oxidation sites excluding steroid dienone is 2. The molecule has 0 aliphatic heterocycles. The molecular weight excluding hydrogens is 440 g/mol. The minimum atomic E-state index is -0.423. The van der Waals surface area contributed by atoms with E-state index in [9.17, 15) is 9.59 Å². The first-order chi connectivity index (χ1) is 11.7. The van der Waals surface area contributed by atoms with Crippen LogP contribution in [0.5, 0.6) is 0 Å². The molecule has 0 aromatic carbocycles. The first kappa shape index (κ1) is 27.5. The fourth-order valence-electron chi connectivity index (χ4n) is 2.59. The van der Waals surface area contributed by atoms with Crippen molar-refractivity contribution in [2.75, 3.05) is 0 Å². The molecule has 0 saturated heterocycles. The number of hydrogen-bond acceptors (Lipinski definition) is 3. The molecule has 0 aromatic rings. The van der Waals surface area contributed by atoms with Crippen molar-refractivity contribution in [3.63, 3.8) is 0 Å². The van der Waals surface area contributed by atoms with Gasteiger partial charge in [-0.15, -0.1) is 0 Å². The van der Waals surface area contributed by atoms with Crippen LogP contribution in [0.25, 0.3) is 0 Å². The van der Waals surface area contributed by atoms with Crippen LogP contribution in [0.15, 0.2) is 12.2 Å². The zero-order valence-corrected chi connectivity index (χ0v) is 19.6. The van der Waals surface area contributed by atoms with E-state index >= 15 is 0 Å². The van der Waals surface area contributed by atoms with Gasteiger partial charge in [-0.3, -0.25) is 9.59 Å². The Balaban J connectivity index is 0. The van der Waals surface area contributed by atoms with Crippen molar-refractivity contribution >= 4 is 11.9 Å². The average Bonchev–Trinajstić information content (AvgIpc) is 2.58. The number of ether oxygens (including phenoxy) is 1. The average molecular weight is 479 g/mol. The van der Waals surface area contributed by atoms with Crippen molar-refractivity contribution in [1.29, 1.82) is 0 Å². The van der Waals surface area contributed by atoms with Crippen molar-refractivity contribution < 1.29 is 56.1 Å². The fourth-order valence-corrected chi connectivity index (χ4v) is 2.59. The van der Waals surface area contributed by atoms with Crippen LogP contribution in [-0.2, 0) is 14.3 Å². The van der Waals surface area contributed by atoms with Gasteiger partial charge in [0.05, 0.1) is 0 Å². The zero-order chi connectivity index (χ0) is 17.9. The Labute approximate surface area is 189 Å². The van der Waals surface area contributed by atoms with E-state index < -0.39 is 5.97 Å². The molecule has 25 heavy (non-hydrogen) atoms. The molecule has 0 atom stereocenters. The molecule has 0 saturated carbocycles. The van der Waals surface area contributed by atoms with Crippen LogP contribution in [0.3, 0.4) is 0 Å². The maximum atomic E-state index is 11.3. The van der Waals surface area contributed by atoms with Gasteiger partial charge in [0, 0.05) is 54.6 Å². The van der Waals surface area contributed by atoms with Gasteiger partial charge in [-0.05, 0) is 32.1 Å². The molecule has 144 valence electrons. The summed E-state index contributed by atoms with van der Waals surface area (Å²) in [5.41, 5.74) is 0. The van der Waals surface area contributed by atoms with Gasteiger partial charge in [0.15, 0.2) is 0 Å². The third-order valence-electron chi connectivity index (χ3n) is 4.16. The van der Waals surface area contributed by atoms with Crippen LogP contribution in [-0.4, -0.2) is 11.9 Å². The number of carbonyl (C=O) groups is 2. The molecule has 0 heterocycles. The third kappa shape index (κ3) is 22.2. The number of hydrogen-bond donors (Lipinski definition) is 0. The van der Waals surface area contributed by atoms with E-state index in [1.807, 2.05) is 0 Å². The topological polar surface area (TPSA) is 43.4 Å². The van der Waals surface area contributed by atoms with Crippen LogP contribution in [0.2, 0.25) is 0 Å². The molecule has 0 bridgehead atoms. The van der Waals surface area contributed by atoms with Gasteiger partial charge in [-0.2, -0.15) is 0 Å². The van der Waals surface area contributed by atoms with Gasteiger partial charge in [0.25, 0.3) is 0 Å². The Morgan fingerprint density at radius 2 is 1.16 bits per heavy atom. The predicted octanol–water partition coefficient (Wildman–Crippen LogP) is 6.50. The predicted molar refractivity (Wildman–Crippen MR) is 101 cm³/mol. The van der Waals surface area contributed by atoms with Crippen LogP contribution in [0.1, 0.15) is 110 Å². The maximum absolute atomic E-state index is 11.3. The molecule has 0 spiro atoms. The largest absolute Gasteiger partial charge is 0.393 e. The summed E-state index contributed by atoms with van der Waals surface area (Å²) in [7, 11) is 0. The number of rotatable bonds is 16.